The molecule has 0 bridgehead atoms. The first kappa shape index (κ1) is 13.0. The van der Waals surface area contributed by atoms with Gasteiger partial charge in [-0.25, -0.2) is 9.97 Å². The Morgan fingerprint density at radius 3 is 3.05 bits per heavy atom. The molecule has 0 aliphatic carbocycles. The van der Waals surface area contributed by atoms with Gasteiger partial charge in [0, 0.05) is 7.05 Å². The first-order valence-corrected chi connectivity index (χ1v) is 7.00. The lowest BCUT2D eigenvalue weighted by atomic mass is 10.2. The fourth-order valence-corrected chi connectivity index (χ4v) is 2.57. The third-order valence-corrected chi connectivity index (χ3v) is 3.59. The lowest BCUT2D eigenvalue weighted by Gasteiger charge is -2.05. The van der Waals surface area contributed by atoms with Gasteiger partial charge in [-0.2, -0.15) is 9.97 Å². The van der Waals surface area contributed by atoms with Crippen LogP contribution in [-0.2, 0) is 6.54 Å². The Hall–Kier alpha value is -2.67. The molecular weight excluding hydrogens is 304 g/mol. The minimum absolute atomic E-state index is 0.185. The molecule has 3 heterocycles. The molecule has 0 unspecified atom stereocenters. The van der Waals surface area contributed by atoms with E-state index in [0.717, 1.165) is 16.7 Å². The van der Waals surface area contributed by atoms with Gasteiger partial charge < -0.3 is 14.3 Å². The summed E-state index contributed by atoms with van der Waals surface area (Å²) in [6.45, 7) is 0.601. The topological polar surface area (TPSA) is 81.7 Å². The molecule has 0 radical (unpaired) electrons. The summed E-state index contributed by atoms with van der Waals surface area (Å²) in [6, 6.07) is 5.88. The van der Waals surface area contributed by atoms with Gasteiger partial charge in [0.15, 0.2) is 29.0 Å². The standard InChI is InChI=1S/C14H11ClN6O/c1-16-12-11-13(20-14(15)19-12)21(6-17-11)5-8-2-3-9-10(4-8)22-7-18-9/h2-4,6-7H,5H2,1H3,(H,16,19,20). The van der Waals surface area contributed by atoms with E-state index in [0.29, 0.717) is 23.5 Å². The summed E-state index contributed by atoms with van der Waals surface area (Å²) in [5.41, 5.74) is 4.02. The second kappa shape index (κ2) is 4.96. The first-order chi connectivity index (χ1) is 10.7. The quantitative estimate of drug-likeness (QED) is 0.585. The highest BCUT2D eigenvalue weighted by molar-refractivity contribution is 6.28. The molecule has 0 fully saturated rings. The Balaban J connectivity index is 1.79. The number of oxazole rings is 1. The largest absolute Gasteiger partial charge is 0.443 e. The minimum Gasteiger partial charge on any atom is -0.443 e. The number of aromatic nitrogens is 5. The van der Waals surface area contributed by atoms with E-state index in [4.69, 9.17) is 16.0 Å². The summed E-state index contributed by atoms with van der Waals surface area (Å²) in [5.74, 6) is 0.611. The summed E-state index contributed by atoms with van der Waals surface area (Å²) < 4.78 is 7.25. The van der Waals surface area contributed by atoms with Crippen LogP contribution in [0, 0.1) is 0 Å². The van der Waals surface area contributed by atoms with Gasteiger partial charge in [0.1, 0.15) is 5.52 Å². The van der Waals surface area contributed by atoms with Gasteiger partial charge in [-0.15, -0.1) is 0 Å². The molecule has 4 rings (SSSR count). The number of hydrogen-bond acceptors (Lipinski definition) is 6. The minimum atomic E-state index is 0.185. The maximum atomic E-state index is 5.97. The summed E-state index contributed by atoms with van der Waals surface area (Å²) in [7, 11) is 1.77. The van der Waals surface area contributed by atoms with Crippen molar-refractivity contribution in [2.45, 2.75) is 6.54 Å². The lowest BCUT2D eigenvalue weighted by Crippen LogP contribution is -2.01. The number of nitrogens with zero attached hydrogens (tertiary/aromatic N) is 5. The molecule has 7 nitrogen and oxygen atoms in total. The first-order valence-electron chi connectivity index (χ1n) is 6.63. The van der Waals surface area contributed by atoms with Crippen LogP contribution < -0.4 is 5.32 Å². The maximum absolute atomic E-state index is 5.97. The van der Waals surface area contributed by atoms with Gasteiger partial charge in [-0.05, 0) is 29.3 Å². The monoisotopic (exact) mass is 314 g/mol. The summed E-state index contributed by atoms with van der Waals surface area (Å²) in [6.07, 6.45) is 3.16. The number of hydrogen-bond donors (Lipinski definition) is 1. The molecular formula is C14H11ClN6O. The number of fused-ring (bicyclic) bond motifs is 2. The average Bonchev–Trinajstić information content (AvgIpc) is 3.13. The van der Waals surface area contributed by atoms with Crippen molar-refractivity contribution in [1.29, 1.82) is 0 Å². The second-order valence-electron chi connectivity index (χ2n) is 4.79. The van der Waals surface area contributed by atoms with Crippen LogP contribution in [0.3, 0.4) is 0 Å². The van der Waals surface area contributed by atoms with Gasteiger partial charge in [0.2, 0.25) is 5.28 Å². The lowest BCUT2D eigenvalue weighted by molar-refractivity contribution is 0.601. The molecule has 22 heavy (non-hydrogen) atoms. The Kier molecular flexibility index (Phi) is 2.93. The highest BCUT2D eigenvalue weighted by Gasteiger charge is 2.12. The Bertz CT molecular complexity index is 976. The maximum Gasteiger partial charge on any atom is 0.226 e. The van der Waals surface area contributed by atoms with Crippen LogP contribution in [0.2, 0.25) is 5.28 Å². The molecule has 0 amide bonds. The van der Waals surface area contributed by atoms with Gasteiger partial charge in [-0.1, -0.05) is 6.07 Å². The zero-order valence-electron chi connectivity index (χ0n) is 11.6. The Morgan fingerprint density at radius 1 is 1.27 bits per heavy atom. The molecule has 0 saturated heterocycles. The van der Waals surface area contributed by atoms with Crippen molar-refractivity contribution in [3.63, 3.8) is 0 Å². The summed E-state index contributed by atoms with van der Waals surface area (Å²) >= 11 is 5.97. The smallest absolute Gasteiger partial charge is 0.226 e. The van der Waals surface area contributed by atoms with Crippen LogP contribution >= 0.6 is 11.6 Å². The molecule has 4 aromatic rings. The Morgan fingerprint density at radius 2 is 2.18 bits per heavy atom. The van der Waals surface area contributed by atoms with Crippen molar-refractivity contribution < 1.29 is 4.42 Å². The molecule has 0 atom stereocenters. The summed E-state index contributed by atoms with van der Waals surface area (Å²) in [5, 5.41) is 3.16. The zero-order chi connectivity index (χ0) is 15.1. The molecule has 1 aromatic carbocycles. The van der Waals surface area contributed by atoms with Crippen LogP contribution in [0.25, 0.3) is 22.3 Å². The molecule has 0 aliphatic rings. The van der Waals surface area contributed by atoms with Crippen LogP contribution in [0.5, 0.6) is 0 Å². The second-order valence-corrected chi connectivity index (χ2v) is 5.13. The van der Waals surface area contributed by atoms with E-state index in [1.165, 1.54) is 6.39 Å². The van der Waals surface area contributed by atoms with Crippen molar-refractivity contribution in [2.24, 2.45) is 0 Å². The normalized spacial score (nSPS) is 11.4. The van der Waals surface area contributed by atoms with E-state index in [-0.39, 0.29) is 5.28 Å². The van der Waals surface area contributed by atoms with Gasteiger partial charge in [0.25, 0.3) is 0 Å². The van der Waals surface area contributed by atoms with E-state index < -0.39 is 0 Å². The third kappa shape index (κ3) is 2.06. The van der Waals surface area contributed by atoms with E-state index in [1.54, 1.807) is 13.4 Å². The predicted molar refractivity (Wildman–Crippen MR) is 83.0 cm³/mol. The van der Waals surface area contributed by atoms with Crippen molar-refractivity contribution in [3.05, 3.63) is 41.8 Å². The molecule has 0 aliphatic heterocycles. The predicted octanol–water partition coefficient (Wildman–Crippen LogP) is 2.71. The molecule has 110 valence electrons. The van der Waals surface area contributed by atoms with Crippen LogP contribution in [0.1, 0.15) is 5.56 Å². The molecule has 1 N–H and O–H groups in total. The average molecular weight is 315 g/mol. The number of anilines is 1. The molecule has 3 aromatic heterocycles. The highest BCUT2D eigenvalue weighted by atomic mass is 35.5. The van der Waals surface area contributed by atoms with E-state index in [1.807, 2.05) is 22.8 Å². The van der Waals surface area contributed by atoms with Crippen molar-refractivity contribution in [1.82, 2.24) is 24.5 Å². The summed E-state index contributed by atoms with van der Waals surface area (Å²) in [4.78, 5) is 16.9. The fraction of sp³-hybridized carbons (Fsp3) is 0.143. The number of nitrogens with one attached hydrogen (secondary N) is 1. The van der Waals surface area contributed by atoms with E-state index >= 15 is 0 Å². The highest BCUT2D eigenvalue weighted by Crippen LogP contribution is 2.22. The van der Waals surface area contributed by atoms with Gasteiger partial charge in [-0.3, -0.25) is 0 Å². The third-order valence-electron chi connectivity index (χ3n) is 3.42. The van der Waals surface area contributed by atoms with Crippen LogP contribution in [0.15, 0.2) is 35.3 Å². The van der Waals surface area contributed by atoms with Crippen molar-refractivity contribution in [2.75, 3.05) is 12.4 Å². The fourth-order valence-electron chi connectivity index (χ4n) is 2.40. The number of imidazole rings is 1. The van der Waals surface area contributed by atoms with Gasteiger partial charge in [0.05, 0.1) is 12.9 Å². The van der Waals surface area contributed by atoms with Crippen LogP contribution in [-0.4, -0.2) is 31.6 Å². The molecule has 8 heteroatoms. The Labute approximate surface area is 130 Å². The number of benzene rings is 1. The molecule has 0 spiro atoms. The van der Waals surface area contributed by atoms with E-state index in [9.17, 15) is 0 Å². The van der Waals surface area contributed by atoms with Crippen LogP contribution in [0.4, 0.5) is 5.82 Å². The van der Waals surface area contributed by atoms with E-state index in [2.05, 4.69) is 25.3 Å². The number of halogens is 1. The molecule has 0 saturated carbocycles. The van der Waals surface area contributed by atoms with Crippen molar-refractivity contribution >= 4 is 39.7 Å². The zero-order valence-corrected chi connectivity index (χ0v) is 12.4. The van der Waals surface area contributed by atoms with Gasteiger partial charge >= 0.3 is 0 Å². The van der Waals surface area contributed by atoms with Crippen molar-refractivity contribution in [3.8, 4) is 0 Å². The SMILES string of the molecule is CNc1nc(Cl)nc2c1ncn2Cc1ccc2ncoc2c1. The number of rotatable bonds is 3.